The number of rotatable bonds is 3. The molecule has 3 nitrogen and oxygen atoms in total. The van der Waals surface area contributed by atoms with Gasteiger partial charge in [-0.15, -0.1) is 0 Å². The Morgan fingerprint density at radius 3 is 2.79 bits per heavy atom. The van der Waals surface area contributed by atoms with Gasteiger partial charge >= 0.3 is 0 Å². The van der Waals surface area contributed by atoms with Gasteiger partial charge in [-0.05, 0) is 46.8 Å². The zero-order valence-electron chi connectivity index (χ0n) is 10.9. The molecule has 1 saturated heterocycles. The van der Waals surface area contributed by atoms with Crippen molar-refractivity contribution >= 4 is 21.8 Å². The second-order valence-corrected chi connectivity index (χ2v) is 5.59. The maximum atomic E-state index is 13.4. The molecule has 1 aliphatic heterocycles. The quantitative estimate of drug-likeness (QED) is 0.852. The summed E-state index contributed by atoms with van der Waals surface area (Å²) in [6.45, 7) is 2.15. The molecular formula is C14H17BrFNO2. The van der Waals surface area contributed by atoms with E-state index in [4.69, 9.17) is 4.74 Å². The van der Waals surface area contributed by atoms with Gasteiger partial charge in [0.2, 0.25) is 0 Å². The highest BCUT2D eigenvalue weighted by molar-refractivity contribution is 9.10. The SMILES string of the molecule is COCC1CCN(C(=O)c2cccc(F)c2Br)CC1. The lowest BCUT2D eigenvalue weighted by Gasteiger charge is -2.32. The molecule has 0 saturated carbocycles. The first-order valence-electron chi connectivity index (χ1n) is 6.35. The summed E-state index contributed by atoms with van der Waals surface area (Å²) in [7, 11) is 1.70. The number of hydrogen-bond donors (Lipinski definition) is 0. The van der Waals surface area contributed by atoms with E-state index >= 15 is 0 Å². The number of methoxy groups -OCH3 is 1. The van der Waals surface area contributed by atoms with Gasteiger partial charge in [0.25, 0.3) is 5.91 Å². The van der Waals surface area contributed by atoms with Gasteiger partial charge < -0.3 is 9.64 Å². The third kappa shape index (κ3) is 3.34. The van der Waals surface area contributed by atoms with Crippen LogP contribution in [-0.2, 0) is 4.74 Å². The van der Waals surface area contributed by atoms with E-state index in [-0.39, 0.29) is 10.4 Å². The number of carbonyl (C=O) groups excluding carboxylic acids is 1. The van der Waals surface area contributed by atoms with Crippen molar-refractivity contribution in [1.29, 1.82) is 0 Å². The second-order valence-electron chi connectivity index (χ2n) is 4.79. The Labute approximate surface area is 120 Å². The molecule has 0 atom stereocenters. The summed E-state index contributed by atoms with van der Waals surface area (Å²) in [4.78, 5) is 14.1. The van der Waals surface area contributed by atoms with E-state index in [2.05, 4.69) is 15.9 Å². The van der Waals surface area contributed by atoms with Crippen molar-refractivity contribution in [3.63, 3.8) is 0 Å². The van der Waals surface area contributed by atoms with Crippen molar-refractivity contribution in [2.75, 3.05) is 26.8 Å². The number of nitrogens with zero attached hydrogens (tertiary/aromatic N) is 1. The Balaban J connectivity index is 2.03. The van der Waals surface area contributed by atoms with Gasteiger partial charge in [-0.3, -0.25) is 4.79 Å². The molecule has 5 heteroatoms. The summed E-state index contributed by atoms with van der Waals surface area (Å²) in [5, 5.41) is 0. The van der Waals surface area contributed by atoms with E-state index in [1.807, 2.05) is 0 Å². The summed E-state index contributed by atoms with van der Waals surface area (Å²) in [6.07, 6.45) is 1.87. The summed E-state index contributed by atoms with van der Waals surface area (Å²) in [5.41, 5.74) is 0.394. The predicted octanol–water partition coefficient (Wildman–Crippen LogP) is 3.09. The lowest BCUT2D eigenvalue weighted by atomic mass is 9.97. The predicted molar refractivity (Wildman–Crippen MR) is 74.6 cm³/mol. The number of likely N-dealkylation sites (tertiary alicyclic amines) is 1. The van der Waals surface area contributed by atoms with E-state index in [0.717, 1.165) is 19.4 Å². The zero-order valence-corrected chi connectivity index (χ0v) is 12.5. The minimum atomic E-state index is -0.403. The van der Waals surface area contributed by atoms with Gasteiger partial charge in [0.15, 0.2) is 0 Å². The third-order valence-corrected chi connectivity index (χ3v) is 4.29. The van der Waals surface area contributed by atoms with Crippen LogP contribution < -0.4 is 0 Å². The standard InChI is InChI=1S/C14H17BrFNO2/c1-19-9-10-5-7-17(8-6-10)14(18)11-3-2-4-12(16)13(11)15/h2-4,10H,5-9H2,1H3. The average Bonchev–Trinajstić information content (AvgIpc) is 2.42. The largest absolute Gasteiger partial charge is 0.384 e. The van der Waals surface area contributed by atoms with Crippen LogP contribution in [0.2, 0.25) is 0 Å². The van der Waals surface area contributed by atoms with Crippen LogP contribution in [0.5, 0.6) is 0 Å². The van der Waals surface area contributed by atoms with Crippen molar-refractivity contribution in [3.05, 3.63) is 34.1 Å². The second kappa shape index (κ2) is 6.48. The number of piperidine rings is 1. The molecule has 1 amide bonds. The highest BCUT2D eigenvalue weighted by Gasteiger charge is 2.25. The van der Waals surface area contributed by atoms with Crippen molar-refractivity contribution in [2.24, 2.45) is 5.92 Å². The minimum Gasteiger partial charge on any atom is -0.384 e. The summed E-state index contributed by atoms with van der Waals surface area (Å²) in [6, 6.07) is 4.55. The number of amides is 1. The molecule has 1 fully saturated rings. The summed E-state index contributed by atoms with van der Waals surface area (Å²) in [5.74, 6) is 0.00682. The molecule has 0 N–H and O–H groups in total. The highest BCUT2D eigenvalue weighted by Crippen LogP contribution is 2.24. The van der Waals surface area contributed by atoms with Crippen LogP contribution in [0.1, 0.15) is 23.2 Å². The molecule has 19 heavy (non-hydrogen) atoms. The summed E-state index contributed by atoms with van der Waals surface area (Å²) < 4.78 is 18.8. The molecule has 1 heterocycles. The van der Waals surface area contributed by atoms with Crippen molar-refractivity contribution < 1.29 is 13.9 Å². The van der Waals surface area contributed by atoms with E-state index in [1.54, 1.807) is 24.1 Å². The fraction of sp³-hybridized carbons (Fsp3) is 0.500. The number of ether oxygens (including phenoxy) is 1. The number of hydrogen-bond acceptors (Lipinski definition) is 2. The highest BCUT2D eigenvalue weighted by atomic mass is 79.9. The van der Waals surface area contributed by atoms with E-state index in [1.165, 1.54) is 6.07 Å². The van der Waals surface area contributed by atoms with Crippen LogP contribution >= 0.6 is 15.9 Å². The molecule has 1 aromatic carbocycles. The molecule has 0 unspecified atom stereocenters. The van der Waals surface area contributed by atoms with Crippen LogP contribution in [-0.4, -0.2) is 37.6 Å². The van der Waals surface area contributed by atoms with Crippen LogP contribution in [0, 0.1) is 11.7 Å². The van der Waals surface area contributed by atoms with Gasteiger partial charge in [-0.2, -0.15) is 0 Å². The Bertz CT molecular complexity index is 459. The molecule has 0 spiro atoms. The maximum absolute atomic E-state index is 13.4. The topological polar surface area (TPSA) is 29.5 Å². The number of halogens is 2. The minimum absolute atomic E-state index is 0.109. The lowest BCUT2D eigenvalue weighted by Crippen LogP contribution is -2.39. The molecule has 0 radical (unpaired) electrons. The average molecular weight is 330 g/mol. The van der Waals surface area contributed by atoms with Crippen LogP contribution in [0.15, 0.2) is 22.7 Å². The van der Waals surface area contributed by atoms with Gasteiger partial charge in [-0.1, -0.05) is 6.07 Å². The Hall–Kier alpha value is -0.940. The maximum Gasteiger partial charge on any atom is 0.255 e. The first kappa shape index (κ1) is 14.5. The first-order chi connectivity index (χ1) is 9.13. The smallest absolute Gasteiger partial charge is 0.255 e. The normalized spacial score (nSPS) is 16.7. The van der Waals surface area contributed by atoms with Gasteiger partial charge in [0.1, 0.15) is 5.82 Å². The van der Waals surface area contributed by atoms with Crippen LogP contribution in [0.25, 0.3) is 0 Å². The molecular weight excluding hydrogens is 313 g/mol. The van der Waals surface area contributed by atoms with E-state index in [9.17, 15) is 9.18 Å². The summed E-state index contributed by atoms with van der Waals surface area (Å²) >= 11 is 3.14. The third-order valence-electron chi connectivity index (χ3n) is 3.49. The zero-order chi connectivity index (χ0) is 13.8. The van der Waals surface area contributed by atoms with Gasteiger partial charge in [0, 0.05) is 26.8 Å². The van der Waals surface area contributed by atoms with Crippen LogP contribution in [0.4, 0.5) is 4.39 Å². The lowest BCUT2D eigenvalue weighted by molar-refractivity contribution is 0.0612. The monoisotopic (exact) mass is 329 g/mol. The fourth-order valence-corrected chi connectivity index (χ4v) is 2.81. The van der Waals surface area contributed by atoms with Crippen molar-refractivity contribution in [1.82, 2.24) is 4.90 Å². The molecule has 0 aliphatic carbocycles. The van der Waals surface area contributed by atoms with Crippen molar-refractivity contribution in [2.45, 2.75) is 12.8 Å². The Morgan fingerprint density at radius 1 is 1.47 bits per heavy atom. The van der Waals surface area contributed by atoms with Gasteiger partial charge in [-0.25, -0.2) is 4.39 Å². The molecule has 2 rings (SSSR count). The first-order valence-corrected chi connectivity index (χ1v) is 7.15. The van der Waals surface area contributed by atoms with Crippen LogP contribution in [0.3, 0.4) is 0 Å². The van der Waals surface area contributed by atoms with E-state index in [0.29, 0.717) is 24.6 Å². The van der Waals surface area contributed by atoms with Gasteiger partial charge in [0.05, 0.1) is 10.0 Å². The molecule has 104 valence electrons. The number of benzene rings is 1. The van der Waals surface area contributed by atoms with E-state index < -0.39 is 5.82 Å². The molecule has 0 bridgehead atoms. The Kier molecular flexibility index (Phi) is 4.93. The fourth-order valence-electron chi connectivity index (χ4n) is 2.38. The molecule has 1 aromatic rings. The molecule has 1 aliphatic rings. The van der Waals surface area contributed by atoms with Crippen molar-refractivity contribution in [3.8, 4) is 0 Å². The number of carbonyl (C=O) groups is 1. The Morgan fingerprint density at radius 2 is 2.16 bits per heavy atom. The molecule has 0 aromatic heterocycles.